The van der Waals surface area contributed by atoms with Crippen molar-refractivity contribution in [2.24, 2.45) is 0 Å². The predicted molar refractivity (Wildman–Crippen MR) is 146 cm³/mol. The van der Waals surface area contributed by atoms with Crippen LogP contribution in [0.4, 0.5) is 10.5 Å². The number of hydrogen-bond donors (Lipinski definition) is 3. The smallest absolute Gasteiger partial charge is 0.342 e. The number of ether oxygens (including phenoxy) is 1. The van der Waals surface area contributed by atoms with Gasteiger partial charge in [0, 0.05) is 29.8 Å². The third-order valence-corrected chi connectivity index (χ3v) is 6.88. The third-order valence-electron chi connectivity index (χ3n) is 6.25. The van der Waals surface area contributed by atoms with Crippen molar-refractivity contribution in [1.82, 2.24) is 15.1 Å². The molecule has 1 saturated carbocycles. The molecule has 3 aromatic carbocycles. The Morgan fingerprint density at radius 2 is 1.76 bits per heavy atom. The molecule has 2 amide bonds. The van der Waals surface area contributed by atoms with E-state index in [-0.39, 0.29) is 33.3 Å². The van der Waals surface area contributed by atoms with Crippen molar-refractivity contribution in [1.29, 1.82) is 0 Å². The summed E-state index contributed by atoms with van der Waals surface area (Å²) >= 11 is 12.3. The van der Waals surface area contributed by atoms with E-state index in [4.69, 9.17) is 27.9 Å². The zero-order valence-electron chi connectivity index (χ0n) is 20.4. The van der Waals surface area contributed by atoms with Crippen LogP contribution >= 0.6 is 23.2 Å². The Labute approximate surface area is 229 Å². The lowest BCUT2D eigenvalue weighted by Crippen LogP contribution is -2.30. The standard InChI is InChI=1S/C28H24Cl2N4O4/c1-38-19-10-5-16(6-11-19)15-31-28(37)34-24(17-7-8-17)14-23(33-34)20-12-9-18(13-25(20)35)32-27(36)26-21(29)3-2-4-22(26)30/h2-6,9-14,17,35H,7-8,15H2,1H3,(H,31,37)(H,32,36). The fourth-order valence-corrected chi connectivity index (χ4v) is 4.66. The normalized spacial score (nSPS) is 12.7. The molecule has 0 spiro atoms. The number of anilines is 1. The maximum absolute atomic E-state index is 13.0. The molecule has 1 aliphatic carbocycles. The number of halogens is 2. The summed E-state index contributed by atoms with van der Waals surface area (Å²) in [5, 5.41) is 21.3. The first-order chi connectivity index (χ1) is 18.3. The van der Waals surface area contributed by atoms with Gasteiger partial charge in [0.05, 0.1) is 34.1 Å². The Balaban J connectivity index is 1.34. The number of phenolic OH excluding ortho intramolecular Hbond substituents is 1. The van der Waals surface area contributed by atoms with Crippen LogP contribution in [0, 0.1) is 0 Å². The van der Waals surface area contributed by atoms with E-state index in [2.05, 4.69) is 15.7 Å². The summed E-state index contributed by atoms with van der Waals surface area (Å²) < 4.78 is 6.54. The van der Waals surface area contributed by atoms with Gasteiger partial charge in [-0.15, -0.1) is 0 Å². The number of hydrogen-bond acceptors (Lipinski definition) is 5. The first kappa shape index (κ1) is 25.6. The second-order valence-electron chi connectivity index (χ2n) is 8.93. The minimum atomic E-state index is -0.499. The highest BCUT2D eigenvalue weighted by molar-refractivity contribution is 6.40. The molecule has 38 heavy (non-hydrogen) atoms. The Kier molecular flexibility index (Phi) is 7.26. The van der Waals surface area contributed by atoms with E-state index >= 15 is 0 Å². The van der Waals surface area contributed by atoms with Gasteiger partial charge in [0.15, 0.2) is 0 Å². The summed E-state index contributed by atoms with van der Waals surface area (Å²) in [6.07, 6.45) is 1.94. The molecule has 0 unspecified atom stereocenters. The zero-order chi connectivity index (χ0) is 26.8. The summed E-state index contributed by atoms with van der Waals surface area (Å²) in [6.45, 7) is 0.331. The van der Waals surface area contributed by atoms with Gasteiger partial charge in [0.25, 0.3) is 5.91 Å². The van der Waals surface area contributed by atoms with Crippen molar-refractivity contribution in [2.45, 2.75) is 25.3 Å². The quantitative estimate of drug-likeness (QED) is 0.245. The fraction of sp³-hybridized carbons (Fsp3) is 0.179. The van der Waals surface area contributed by atoms with Gasteiger partial charge in [-0.25, -0.2) is 4.79 Å². The van der Waals surface area contributed by atoms with Crippen LogP contribution in [0.15, 0.2) is 66.7 Å². The lowest BCUT2D eigenvalue weighted by atomic mass is 10.1. The van der Waals surface area contributed by atoms with Crippen molar-refractivity contribution in [3.05, 3.63) is 93.6 Å². The number of carbonyl (C=O) groups excluding carboxylic acids is 2. The van der Waals surface area contributed by atoms with E-state index in [9.17, 15) is 14.7 Å². The van der Waals surface area contributed by atoms with Gasteiger partial charge in [-0.1, -0.05) is 41.4 Å². The first-order valence-electron chi connectivity index (χ1n) is 11.9. The molecule has 1 heterocycles. The molecular weight excluding hydrogens is 527 g/mol. The van der Waals surface area contributed by atoms with Gasteiger partial charge in [-0.05, 0) is 60.9 Å². The first-order valence-corrected chi connectivity index (χ1v) is 12.7. The number of nitrogens with one attached hydrogen (secondary N) is 2. The summed E-state index contributed by atoms with van der Waals surface area (Å²) in [5.41, 5.74) is 3.10. The predicted octanol–water partition coefficient (Wildman–Crippen LogP) is 6.46. The molecule has 1 fully saturated rings. The van der Waals surface area contributed by atoms with Crippen LogP contribution in [-0.2, 0) is 6.54 Å². The Morgan fingerprint density at radius 3 is 2.39 bits per heavy atom. The van der Waals surface area contributed by atoms with Crippen molar-refractivity contribution in [2.75, 3.05) is 12.4 Å². The molecule has 10 heteroatoms. The molecule has 4 aromatic rings. The topological polar surface area (TPSA) is 105 Å². The number of carbonyl (C=O) groups is 2. The number of nitrogens with zero attached hydrogens (tertiary/aromatic N) is 2. The highest BCUT2D eigenvalue weighted by Crippen LogP contribution is 2.42. The third kappa shape index (κ3) is 5.46. The second-order valence-corrected chi connectivity index (χ2v) is 9.74. The number of aromatic hydroxyl groups is 1. The van der Waals surface area contributed by atoms with Crippen molar-refractivity contribution >= 4 is 40.8 Å². The van der Waals surface area contributed by atoms with Crippen molar-refractivity contribution in [3.8, 4) is 22.8 Å². The van der Waals surface area contributed by atoms with Crippen LogP contribution in [0.2, 0.25) is 10.0 Å². The maximum atomic E-state index is 13.0. The summed E-state index contributed by atoms with van der Waals surface area (Å²) in [4.78, 5) is 25.7. The van der Waals surface area contributed by atoms with Crippen LogP contribution in [0.5, 0.6) is 11.5 Å². The average molecular weight is 551 g/mol. The SMILES string of the molecule is COc1ccc(CNC(=O)n2nc(-c3ccc(NC(=O)c4c(Cl)cccc4Cl)cc3O)cc2C2CC2)cc1. The number of methoxy groups -OCH3 is 1. The molecule has 0 bridgehead atoms. The van der Waals surface area contributed by atoms with Crippen LogP contribution < -0.4 is 15.4 Å². The highest BCUT2D eigenvalue weighted by Gasteiger charge is 2.31. The highest BCUT2D eigenvalue weighted by atomic mass is 35.5. The van der Waals surface area contributed by atoms with Gasteiger partial charge >= 0.3 is 6.03 Å². The average Bonchev–Trinajstić information content (AvgIpc) is 3.66. The van der Waals surface area contributed by atoms with Gasteiger partial charge in [0.1, 0.15) is 11.5 Å². The van der Waals surface area contributed by atoms with E-state index in [1.54, 1.807) is 37.4 Å². The summed E-state index contributed by atoms with van der Waals surface area (Å²) in [5.74, 6) is 0.384. The summed E-state index contributed by atoms with van der Waals surface area (Å²) in [6, 6.07) is 18.4. The molecule has 0 aliphatic heterocycles. The molecule has 1 aliphatic rings. The summed E-state index contributed by atoms with van der Waals surface area (Å²) in [7, 11) is 1.60. The van der Waals surface area contributed by atoms with E-state index in [1.165, 1.54) is 10.7 Å². The Hall–Kier alpha value is -4.01. The number of benzene rings is 3. The Bertz CT molecular complexity index is 1490. The number of rotatable bonds is 7. The molecule has 0 radical (unpaired) electrons. The number of phenols is 1. The molecule has 0 atom stereocenters. The molecule has 0 saturated heterocycles. The lowest BCUT2D eigenvalue weighted by molar-refractivity contribution is 0.102. The van der Waals surface area contributed by atoms with Crippen LogP contribution in [-0.4, -0.2) is 33.9 Å². The number of aromatic nitrogens is 2. The molecule has 3 N–H and O–H groups in total. The van der Waals surface area contributed by atoms with Gasteiger partial charge in [-0.3, -0.25) is 4.79 Å². The van der Waals surface area contributed by atoms with E-state index in [0.29, 0.717) is 23.5 Å². The maximum Gasteiger partial charge on any atom is 0.342 e. The lowest BCUT2D eigenvalue weighted by Gasteiger charge is -2.10. The van der Waals surface area contributed by atoms with Crippen molar-refractivity contribution < 1.29 is 19.4 Å². The molecule has 194 valence electrons. The van der Waals surface area contributed by atoms with Crippen LogP contribution in [0.3, 0.4) is 0 Å². The van der Waals surface area contributed by atoms with Crippen LogP contribution in [0.25, 0.3) is 11.3 Å². The molecule has 8 nitrogen and oxygen atoms in total. The zero-order valence-corrected chi connectivity index (χ0v) is 21.9. The second kappa shape index (κ2) is 10.8. The minimum Gasteiger partial charge on any atom is -0.507 e. The van der Waals surface area contributed by atoms with E-state index in [1.807, 2.05) is 30.3 Å². The van der Waals surface area contributed by atoms with Gasteiger partial charge in [-0.2, -0.15) is 9.78 Å². The minimum absolute atomic E-state index is 0.0984. The molecule has 1 aromatic heterocycles. The van der Waals surface area contributed by atoms with E-state index < -0.39 is 5.91 Å². The van der Waals surface area contributed by atoms with Crippen LogP contribution in [0.1, 0.15) is 40.4 Å². The van der Waals surface area contributed by atoms with Crippen molar-refractivity contribution in [3.63, 3.8) is 0 Å². The molecular formula is C28H24Cl2N4O4. The number of amides is 2. The van der Waals surface area contributed by atoms with E-state index in [0.717, 1.165) is 29.8 Å². The fourth-order valence-electron chi connectivity index (χ4n) is 4.09. The largest absolute Gasteiger partial charge is 0.507 e. The molecule has 5 rings (SSSR count). The van der Waals surface area contributed by atoms with Gasteiger partial charge < -0.3 is 20.5 Å². The van der Waals surface area contributed by atoms with Gasteiger partial charge in [0.2, 0.25) is 0 Å². The monoisotopic (exact) mass is 550 g/mol. The Morgan fingerprint density at radius 1 is 1.05 bits per heavy atom.